The van der Waals surface area contributed by atoms with E-state index in [1.54, 1.807) is 16.7 Å². The zero-order chi connectivity index (χ0) is 12.3. The van der Waals surface area contributed by atoms with Crippen LogP contribution in [0, 0.1) is 0 Å². The number of likely N-dealkylation sites (tertiary alicyclic amines) is 2. The molecule has 2 saturated heterocycles. The molecule has 0 unspecified atom stereocenters. The first kappa shape index (κ1) is 12.2. The van der Waals surface area contributed by atoms with Crippen molar-refractivity contribution in [3.63, 3.8) is 0 Å². The highest BCUT2D eigenvalue weighted by Gasteiger charge is 2.26. The number of ether oxygens (including phenoxy) is 1. The van der Waals surface area contributed by atoms with E-state index in [0.717, 1.165) is 38.8 Å². The first-order chi connectivity index (χ1) is 8.16. The van der Waals surface area contributed by atoms with Gasteiger partial charge in [-0.2, -0.15) is 0 Å². The van der Waals surface area contributed by atoms with E-state index >= 15 is 0 Å². The van der Waals surface area contributed by atoms with Crippen molar-refractivity contribution >= 4 is 12.0 Å². The Morgan fingerprint density at radius 3 is 2.12 bits per heavy atom. The first-order valence-corrected chi connectivity index (χ1v) is 6.38. The van der Waals surface area contributed by atoms with E-state index in [1.807, 2.05) is 0 Å². The van der Waals surface area contributed by atoms with Crippen LogP contribution in [0.15, 0.2) is 0 Å². The highest BCUT2D eigenvalue weighted by Crippen LogP contribution is 2.16. The van der Waals surface area contributed by atoms with Crippen LogP contribution in [0.4, 0.5) is 4.79 Å². The molecule has 96 valence electrons. The summed E-state index contributed by atoms with van der Waals surface area (Å²) in [7, 11) is 0. The quantitative estimate of drug-likeness (QED) is 0.692. The summed E-state index contributed by atoms with van der Waals surface area (Å²) < 4.78 is 5.45. The number of amides is 2. The van der Waals surface area contributed by atoms with Gasteiger partial charge in [0, 0.05) is 45.9 Å². The van der Waals surface area contributed by atoms with Crippen LogP contribution >= 0.6 is 0 Å². The molecule has 2 amide bonds. The molecule has 0 atom stereocenters. The van der Waals surface area contributed by atoms with Crippen molar-refractivity contribution in [2.45, 2.75) is 38.7 Å². The predicted molar refractivity (Wildman–Crippen MR) is 62.6 cm³/mol. The van der Waals surface area contributed by atoms with Gasteiger partial charge in [0.05, 0.1) is 0 Å². The molecule has 17 heavy (non-hydrogen) atoms. The van der Waals surface area contributed by atoms with Gasteiger partial charge < -0.3 is 14.5 Å². The number of rotatable bonds is 1. The fourth-order valence-electron chi connectivity index (χ4n) is 2.41. The van der Waals surface area contributed by atoms with Crippen LogP contribution in [0.25, 0.3) is 0 Å². The van der Waals surface area contributed by atoms with E-state index in [2.05, 4.69) is 0 Å². The van der Waals surface area contributed by atoms with E-state index in [-0.39, 0.29) is 18.1 Å². The van der Waals surface area contributed by atoms with Crippen LogP contribution in [0.2, 0.25) is 0 Å². The third kappa shape index (κ3) is 3.11. The average Bonchev–Trinajstić information content (AvgIpc) is 2.83. The van der Waals surface area contributed by atoms with Gasteiger partial charge in [-0.05, 0) is 12.8 Å². The minimum Gasteiger partial charge on any atom is -0.446 e. The second-order valence-electron chi connectivity index (χ2n) is 4.78. The molecule has 2 aliphatic heterocycles. The van der Waals surface area contributed by atoms with Gasteiger partial charge in [-0.15, -0.1) is 0 Å². The van der Waals surface area contributed by atoms with E-state index < -0.39 is 0 Å². The SMILES string of the molecule is CC(=O)N1CCC(OC(=O)N2CCCC2)CC1. The van der Waals surface area contributed by atoms with Crippen molar-refractivity contribution in [2.24, 2.45) is 0 Å². The van der Waals surface area contributed by atoms with Gasteiger partial charge in [0.25, 0.3) is 0 Å². The molecule has 2 aliphatic rings. The number of carbonyl (C=O) groups excluding carboxylic acids is 2. The Hall–Kier alpha value is -1.26. The lowest BCUT2D eigenvalue weighted by atomic mass is 10.1. The number of hydrogen-bond acceptors (Lipinski definition) is 3. The van der Waals surface area contributed by atoms with E-state index in [1.165, 1.54) is 0 Å². The highest BCUT2D eigenvalue weighted by atomic mass is 16.6. The molecule has 5 nitrogen and oxygen atoms in total. The summed E-state index contributed by atoms with van der Waals surface area (Å²) in [4.78, 5) is 26.5. The Labute approximate surface area is 102 Å². The van der Waals surface area contributed by atoms with E-state index in [0.29, 0.717) is 13.1 Å². The van der Waals surface area contributed by atoms with Gasteiger partial charge >= 0.3 is 6.09 Å². The Morgan fingerprint density at radius 1 is 1.00 bits per heavy atom. The lowest BCUT2D eigenvalue weighted by molar-refractivity contribution is -0.130. The molecule has 0 N–H and O–H groups in total. The third-order valence-corrected chi connectivity index (χ3v) is 3.52. The number of hydrogen-bond donors (Lipinski definition) is 0. The molecule has 0 aliphatic carbocycles. The topological polar surface area (TPSA) is 49.9 Å². The van der Waals surface area contributed by atoms with Gasteiger partial charge in [0.2, 0.25) is 5.91 Å². The summed E-state index contributed by atoms with van der Waals surface area (Å²) in [5, 5.41) is 0. The molecule has 0 saturated carbocycles. The minimum atomic E-state index is -0.177. The van der Waals surface area contributed by atoms with E-state index in [9.17, 15) is 9.59 Å². The van der Waals surface area contributed by atoms with Crippen molar-refractivity contribution in [3.05, 3.63) is 0 Å². The Balaban J connectivity index is 1.74. The maximum Gasteiger partial charge on any atom is 0.410 e. The minimum absolute atomic E-state index is 0.0151. The van der Waals surface area contributed by atoms with Gasteiger partial charge in [-0.1, -0.05) is 0 Å². The standard InChI is InChI=1S/C12H20N2O3/c1-10(15)13-8-4-11(5-9-13)17-12(16)14-6-2-3-7-14/h11H,2-9H2,1H3. The molecule has 0 aromatic rings. The Bertz CT molecular complexity index is 292. The lowest BCUT2D eigenvalue weighted by Gasteiger charge is -2.31. The van der Waals surface area contributed by atoms with Crippen molar-refractivity contribution in [3.8, 4) is 0 Å². The lowest BCUT2D eigenvalue weighted by Crippen LogP contribution is -2.41. The van der Waals surface area contributed by atoms with Crippen LogP contribution in [0.1, 0.15) is 32.6 Å². The van der Waals surface area contributed by atoms with Gasteiger partial charge in [-0.25, -0.2) is 4.79 Å². The molecule has 0 bridgehead atoms. The Kier molecular flexibility index (Phi) is 3.86. The zero-order valence-electron chi connectivity index (χ0n) is 10.4. The van der Waals surface area contributed by atoms with Gasteiger partial charge in [0.15, 0.2) is 0 Å². The fourth-order valence-corrected chi connectivity index (χ4v) is 2.41. The summed E-state index contributed by atoms with van der Waals surface area (Å²) in [6.45, 7) is 4.63. The van der Waals surface area contributed by atoms with Crippen LogP contribution in [0.5, 0.6) is 0 Å². The molecule has 0 aromatic carbocycles. The van der Waals surface area contributed by atoms with Gasteiger partial charge in [-0.3, -0.25) is 4.79 Å². The summed E-state index contributed by atoms with van der Waals surface area (Å²) in [5.74, 6) is 0.106. The van der Waals surface area contributed by atoms with Gasteiger partial charge in [0.1, 0.15) is 6.10 Å². The third-order valence-electron chi connectivity index (χ3n) is 3.52. The second-order valence-corrected chi connectivity index (χ2v) is 4.78. The molecule has 5 heteroatoms. The number of piperidine rings is 1. The second kappa shape index (κ2) is 5.38. The first-order valence-electron chi connectivity index (χ1n) is 6.38. The average molecular weight is 240 g/mol. The highest BCUT2D eigenvalue weighted by molar-refractivity contribution is 5.73. The summed E-state index contributed by atoms with van der Waals surface area (Å²) >= 11 is 0. The van der Waals surface area contributed by atoms with Crippen molar-refractivity contribution < 1.29 is 14.3 Å². The smallest absolute Gasteiger partial charge is 0.410 e. The summed E-state index contributed by atoms with van der Waals surface area (Å²) in [6, 6.07) is 0. The molecule has 0 aromatic heterocycles. The maximum atomic E-state index is 11.8. The monoisotopic (exact) mass is 240 g/mol. The van der Waals surface area contributed by atoms with E-state index in [4.69, 9.17) is 4.74 Å². The molecule has 0 spiro atoms. The molecule has 2 heterocycles. The molecule has 2 fully saturated rings. The summed E-state index contributed by atoms with van der Waals surface area (Å²) in [5.41, 5.74) is 0. The maximum absolute atomic E-state index is 11.8. The molecular formula is C12H20N2O3. The molecule has 0 radical (unpaired) electrons. The van der Waals surface area contributed by atoms with Crippen LogP contribution in [-0.4, -0.2) is 54.1 Å². The molecular weight excluding hydrogens is 220 g/mol. The van der Waals surface area contributed by atoms with Crippen molar-refractivity contribution in [1.82, 2.24) is 9.80 Å². The fraction of sp³-hybridized carbons (Fsp3) is 0.833. The van der Waals surface area contributed by atoms with Crippen molar-refractivity contribution in [2.75, 3.05) is 26.2 Å². The molecule has 2 rings (SSSR count). The van der Waals surface area contributed by atoms with Crippen LogP contribution < -0.4 is 0 Å². The number of carbonyl (C=O) groups is 2. The Morgan fingerprint density at radius 2 is 1.59 bits per heavy atom. The predicted octanol–water partition coefficient (Wildman–Crippen LogP) is 1.23. The summed E-state index contributed by atoms with van der Waals surface area (Å²) in [6.07, 6.45) is 3.50. The zero-order valence-corrected chi connectivity index (χ0v) is 10.4. The normalized spacial score (nSPS) is 21.7. The van der Waals surface area contributed by atoms with Crippen LogP contribution in [-0.2, 0) is 9.53 Å². The van der Waals surface area contributed by atoms with Crippen molar-refractivity contribution in [1.29, 1.82) is 0 Å². The number of nitrogens with zero attached hydrogens (tertiary/aromatic N) is 2. The largest absolute Gasteiger partial charge is 0.446 e. The van der Waals surface area contributed by atoms with Crippen LogP contribution in [0.3, 0.4) is 0 Å².